The molecule has 0 radical (unpaired) electrons. The number of rotatable bonds is 6. The molecule has 0 atom stereocenters. The fraction of sp³-hybridized carbons (Fsp3) is 0.190. The molecule has 0 fully saturated rings. The van der Waals surface area contributed by atoms with Gasteiger partial charge in [-0.15, -0.1) is 0 Å². The fourth-order valence-corrected chi connectivity index (χ4v) is 2.55. The molecule has 2 N–H and O–H groups in total. The fourth-order valence-electron chi connectivity index (χ4n) is 2.55. The van der Waals surface area contributed by atoms with Crippen LogP contribution in [0.1, 0.15) is 24.3 Å². The SMILES string of the molecule is COc1cccc(NC(=O)c2cc(NC(C)C)nc(-c3ccccc3)n2)c1. The number of carbonyl (C=O) groups is 1. The van der Waals surface area contributed by atoms with Crippen LogP contribution in [0.2, 0.25) is 0 Å². The van der Waals surface area contributed by atoms with E-state index in [-0.39, 0.29) is 17.6 Å². The number of amides is 1. The van der Waals surface area contributed by atoms with Crippen molar-refractivity contribution >= 4 is 17.4 Å². The largest absolute Gasteiger partial charge is 0.497 e. The number of nitrogens with zero attached hydrogens (tertiary/aromatic N) is 2. The summed E-state index contributed by atoms with van der Waals surface area (Å²) < 4.78 is 5.20. The molecule has 0 saturated carbocycles. The zero-order chi connectivity index (χ0) is 19.2. The molecule has 1 aromatic heterocycles. The topological polar surface area (TPSA) is 76.1 Å². The average molecular weight is 362 g/mol. The molecule has 27 heavy (non-hydrogen) atoms. The van der Waals surface area contributed by atoms with E-state index in [2.05, 4.69) is 20.6 Å². The molecule has 138 valence electrons. The molecule has 2 aromatic carbocycles. The van der Waals surface area contributed by atoms with E-state index in [9.17, 15) is 4.79 Å². The minimum absolute atomic E-state index is 0.179. The maximum Gasteiger partial charge on any atom is 0.274 e. The average Bonchev–Trinajstić information content (AvgIpc) is 2.68. The van der Waals surface area contributed by atoms with Crippen LogP contribution in [0.15, 0.2) is 60.7 Å². The first-order valence-corrected chi connectivity index (χ1v) is 8.71. The van der Waals surface area contributed by atoms with Crippen molar-refractivity contribution in [2.75, 3.05) is 17.7 Å². The van der Waals surface area contributed by atoms with Crippen LogP contribution in [-0.2, 0) is 0 Å². The van der Waals surface area contributed by atoms with Gasteiger partial charge in [-0.05, 0) is 26.0 Å². The number of carbonyl (C=O) groups excluding carboxylic acids is 1. The lowest BCUT2D eigenvalue weighted by Crippen LogP contribution is -2.17. The number of aromatic nitrogens is 2. The molecule has 6 heteroatoms. The van der Waals surface area contributed by atoms with Gasteiger partial charge in [-0.3, -0.25) is 4.79 Å². The van der Waals surface area contributed by atoms with Gasteiger partial charge in [0.25, 0.3) is 5.91 Å². The molecule has 0 bridgehead atoms. The highest BCUT2D eigenvalue weighted by Crippen LogP contribution is 2.20. The van der Waals surface area contributed by atoms with Gasteiger partial charge < -0.3 is 15.4 Å². The minimum atomic E-state index is -0.311. The molecule has 6 nitrogen and oxygen atoms in total. The zero-order valence-corrected chi connectivity index (χ0v) is 15.6. The highest BCUT2D eigenvalue weighted by Gasteiger charge is 2.14. The highest BCUT2D eigenvalue weighted by molar-refractivity contribution is 6.03. The summed E-state index contributed by atoms with van der Waals surface area (Å²) in [7, 11) is 1.58. The predicted molar refractivity (Wildman–Crippen MR) is 107 cm³/mol. The summed E-state index contributed by atoms with van der Waals surface area (Å²) in [5.74, 6) is 1.46. The molecular weight excluding hydrogens is 340 g/mol. The molecule has 0 aliphatic heterocycles. The lowest BCUT2D eigenvalue weighted by atomic mass is 10.2. The number of hydrogen-bond acceptors (Lipinski definition) is 5. The molecule has 0 unspecified atom stereocenters. The Bertz CT molecular complexity index is 926. The Morgan fingerprint density at radius 3 is 2.48 bits per heavy atom. The Labute approximate surface area is 158 Å². The molecule has 0 aliphatic carbocycles. The first kappa shape index (κ1) is 18.4. The predicted octanol–water partition coefficient (Wildman–Crippen LogP) is 4.22. The van der Waals surface area contributed by atoms with Crippen molar-refractivity contribution in [2.24, 2.45) is 0 Å². The van der Waals surface area contributed by atoms with E-state index in [1.807, 2.05) is 56.3 Å². The van der Waals surface area contributed by atoms with E-state index in [0.29, 0.717) is 23.1 Å². The second-order valence-electron chi connectivity index (χ2n) is 6.31. The highest BCUT2D eigenvalue weighted by atomic mass is 16.5. The summed E-state index contributed by atoms with van der Waals surface area (Å²) in [5, 5.41) is 6.10. The third-order valence-corrected chi connectivity index (χ3v) is 3.75. The van der Waals surface area contributed by atoms with Gasteiger partial charge in [0.05, 0.1) is 7.11 Å². The van der Waals surface area contributed by atoms with Gasteiger partial charge in [0.1, 0.15) is 17.3 Å². The quantitative estimate of drug-likeness (QED) is 0.686. The Balaban J connectivity index is 1.94. The first-order valence-electron chi connectivity index (χ1n) is 8.71. The van der Waals surface area contributed by atoms with E-state index in [0.717, 1.165) is 5.56 Å². The van der Waals surface area contributed by atoms with Gasteiger partial charge in [0.15, 0.2) is 5.82 Å². The van der Waals surface area contributed by atoms with E-state index in [1.54, 1.807) is 25.3 Å². The monoisotopic (exact) mass is 362 g/mol. The third kappa shape index (κ3) is 4.82. The van der Waals surface area contributed by atoms with Gasteiger partial charge in [-0.25, -0.2) is 9.97 Å². The number of methoxy groups -OCH3 is 1. The normalized spacial score (nSPS) is 10.5. The Morgan fingerprint density at radius 2 is 1.78 bits per heavy atom. The van der Waals surface area contributed by atoms with Gasteiger partial charge >= 0.3 is 0 Å². The number of hydrogen-bond donors (Lipinski definition) is 2. The van der Waals surface area contributed by atoms with E-state index >= 15 is 0 Å². The van der Waals surface area contributed by atoms with Crippen LogP contribution in [0.3, 0.4) is 0 Å². The van der Waals surface area contributed by atoms with Crippen molar-refractivity contribution in [1.82, 2.24) is 9.97 Å². The molecule has 1 amide bonds. The van der Waals surface area contributed by atoms with Gasteiger partial charge in [0.2, 0.25) is 0 Å². The van der Waals surface area contributed by atoms with Gasteiger partial charge in [-0.2, -0.15) is 0 Å². The Morgan fingerprint density at radius 1 is 1.00 bits per heavy atom. The second kappa shape index (κ2) is 8.31. The minimum Gasteiger partial charge on any atom is -0.497 e. The maximum atomic E-state index is 12.8. The number of anilines is 2. The van der Waals surface area contributed by atoms with Crippen molar-refractivity contribution < 1.29 is 9.53 Å². The third-order valence-electron chi connectivity index (χ3n) is 3.75. The molecule has 3 aromatic rings. The summed E-state index contributed by atoms with van der Waals surface area (Å²) in [6, 6.07) is 18.6. The van der Waals surface area contributed by atoms with E-state index < -0.39 is 0 Å². The van der Waals surface area contributed by atoms with Crippen LogP contribution in [-0.4, -0.2) is 29.0 Å². The van der Waals surface area contributed by atoms with Crippen molar-refractivity contribution in [3.05, 3.63) is 66.4 Å². The van der Waals surface area contributed by atoms with E-state index in [4.69, 9.17) is 4.74 Å². The number of ether oxygens (including phenoxy) is 1. The lowest BCUT2D eigenvalue weighted by molar-refractivity contribution is 0.102. The second-order valence-corrected chi connectivity index (χ2v) is 6.31. The molecule has 0 saturated heterocycles. The van der Waals surface area contributed by atoms with Gasteiger partial charge in [-0.1, -0.05) is 36.4 Å². The van der Waals surface area contributed by atoms with Crippen LogP contribution in [0, 0.1) is 0 Å². The maximum absolute atomic E-state index is 12.8. The summed E-state index contributed by atoms with van der Waals surface area (Å²) >= 11 is 0. The van der Waals surface area contributed by atoms with Crippen molar-refractivity contribution in [2.45, 2.75) is 19.9 Å². The Kier molecular flexibility index (Phi) is 5.66. The molecule has 3 rings (SSSR count). The Hall–Kier alpha value is -3.41. The van der Waals surface area contributed by atoms with Crippen LogP contribution in [0.25, 0.3) is 11.4 Å². The van der Waals surface area contributed by atoms with Crippen molar-refractivity contribution in [3.63, 3.8) is 0 Å². The smallest absolute Gasteiger partial charge is 0.274 e. The summed E-state index contributed by atoms with van der Waals surface area (Å²) in [6.45, 7) is 4.03. The van der Waals surface area contributed by atoms with Crippen LogP contribution in [0.5, 0.6) is 5.75 Å². The summed E-state index contributed by atoms with van der Waals surface area (Å²) in [6.07, 6.45) is 0. The molecule has 0 aliphatic rings. The zero-order valence-electron chi connectivity index (χ0n) is 15.6. The van der Waals surface area contributed by atoms with Crippen LogP contribution >= 0.6 is 0 Å². The van der Waals surface area contributed by atoms with Crippen LogP contribution < -0.4 is 15.4 Å². The van der Waals surface area contributed by atoms with Gasteiger partial charge in [0, 0.05) is 29.4 Å². The summed E-state index contributed by atoms with van der Waals surface area (Å²) in [4.78, 5) is 21.8. The first-order chi connectivity index (χ1) is 13.0. The van der Waals surface area contributed by atoms with E-state index in [1.165, 1.54) is 0 Å². The van der Waals surface area contributed by atoms with Crippen LogP contribution in [0.4, 0.5) is 11.5 Å². The molecule has 1 heterocycles. The standard InChI is InChI=1S/C21H22N4O2/c1-14(2)22-19-13-18(24-20(25-19)15-8-5-4-6-9-15)21(26)23-16-10-7-11-17(12-16)27-3/h4-14H,1-3H3,(H,23,26)(H,22,24,25). The summed E-state index contributed by atoms with van der Waals surface area (Å²) in [5.41, 5.74) is 1.77. The van der Waals surface area contributed by atoms with Crippen molar-refractivity contribution in [3.8, 4) is 17.1 Å². The number of benzene rings is 2. The van der Waals surface area contributed by atoms with Crippen molar-refractivity contribution in [1.29, 1.82) is 0 Å². The number of nitrogens with one attached hydrogen (secondary N) is 2. The molecular formula is C21H22N4O2. The molecule has 0 spiro atoms. The lowest BCUT2D eigenvalue weighted by Gasteiger charge is -2.13.